The Balaban J connectivity index is 3.09. The highest BCUT2D eigenvalue weighted by Gasteiger charge is 2.17. The third-order valence-corrected chi connectivity index (χ3v) is 3.43. The Hall–Kier alpha value is -3.26. The van der Waals surface area contributed by atoms with Crippen LogP contribution in [0.5, 0.6) is 11.5 Å². The Bertz CT molecular complexity index is 734. The van der Waals surface area contributed by atoms with Crippen LogP contribution in [-0.2, 0) is 4.79 Å². The summed E-state index contributed by atoms with van der Waals surface area (Å²) in [6, 6.07) is 5.42. The molecule has 0 fully saturated rings. The molecule has 1 rings (SSSR count). The maximum atomic E-state index is 12.4. The van der Waals surface area contributed by atoms with Gasteiger partial charge in [0.05, 0.1) is 6.04 Å². The van der Waals surface area contributed by atoms with Gasteiger partial charge in [0, 0.05) is 6.07 Å². The smallest absolute Gasteiger partial charge is 0.262 e. The predicted octanol–water partition coefficient (Wildman–Crippen LogP) is 3.59. The molecule has 1 atom stereocenters. The van der Waals surface area contributed by atoms with E-state index in [-0.39, 0.29) is 23.1 Å². The van der Waals surface area contributed by atoms with E-state index >= 15 is 0 Å². The molecule has 0 bridgehead atoms. The molecule has 0 spiro atoms. The van der Waals surface area contributed by atoms with E-state index in [1.54, 1.807) is 18.2 Å². The molecule has 1 aromatic carbocycles. The fraction of sp³-hybridized carbons (Fsp3) is 0.200. The Kier molecular flexibility index (Phi) is 7.74. The summed E-state index contributed by atoms with van der Waals surface area (Å²) in [6.45, 7) is 9.38. The van der Waals surface area contributed by atoms with Gasteiger partial charge < -0.3 is 15.5 Å². The highest BCUT2D eigenvalue weighted by molar-refractivity contribution is 6.02. The molecule has 5 nitrogen and oxygen atoms in total. The first kappa shape index (κ1) is 19.8. The van der Waals surface area contributed by atoms with Crippen LogP contribution in [0.15, 0.2) is 60.7 Å². The van der Waals surface area contributed by atoms with Gasteiger partial charge in [0.15, 0.2) is 0 Å². The fourth-order valence-corrected chi connectivity index (χ4v) is 2.33. The van der Waals surface area contributed by atoms with Crippen LogP contribution in [0, 0.1) is 11.3 Å². The van der Waals surface area contributed by atoms with Crippen molar-refractivity contribution in [3.8, 4) is 17.6 Å². The number of nitriles is 1. The minimum absolute atomic E-state index is 0.131. The first-order chi connectivity index (χ1) is 11.9. The van der Waals surface area contributed by atoms with Crippen molar-refractivity contribution in [2.75, 3.05) is 0 Å². The van der Waals surface area contributed by atoms with Crippen molar-refractivity contribution in [1.82, 2.24) is 5.32 Å². The monoisotopic (exact) mass is 338 g/mol. The number of amides is 1. The average molecular weight is 338 g/mol. The van der Waals surface area contributed by atoms with E-state index in [2.05, 4.69) is 18.5 Å². The molecule has 1 aromatic rings. The van der Waals surface area contributed by atoms with Gasteiger partial charge in [0.25, 0.3) is 5.91 Å². The summed E-state index contributed by atoms with van der Waals surface area (Å²) in [5.74, 6) is -0.855. The average Bonchev–Trinajstić information content (AvgIpc) is 2.56. The summed E-state index contributed by atoms with van der Waals surface area (Å²) in [6.07, 6.45) is 7.84. The molecule has 3 N–H and O–H groups in total. The largest absolute Gasteiger partial charge is 0.508 e. The molecular formula is C20H22N2O3. The van der Waals surface area contributed by atoms with E-state index in [0.717, 1.165) is 18.1 Å². The lowest BCUT2D eigenvalue weighted by atomic mass is 10.0. The Morgan fingerprint density at radius 2 is 1.96 bits per heavy atom. The summed E-state index contributed by atoms with van der Waals surface area (Å²) in [7, 11) is 0. The first-order valence-electron chi connectivity index (χ1n) is 7.85. The molecular weight excluding hydrogens is 316 g/mol. The van der Waals surface area contributed by atoms with Crippen LogP contribution < -0.4 is 5.32 Å². The zero-order chi connectivity index (χ0) is 18.8. The van der Waals surface area contributed by atoms with Crippen molar-refractivity contribution in [3.05, 3.63) is 66.3 Å². The van der Waals surface area contributed by atoms with Gasteiger partial charge >= 0.3 is 0 Å². The molecule has 0 saturated heterocycles. The number of hydrogen-bond acceptors (Lipinski definition) is 4. The van der Waals surface area contributed by atoms with Crippen molar-refractivity contribution in [2.24, 2.45) is 0 Å². The van der Waals surface area contributed by atoms with Crippen LogP contribution in [0.2, 0.25) is 0 Å². The molecule has 1 amide bonds. The van der Waals surface area contributed by atoms with Gasteiger partial charge in [-0.05, 0) is 35.8 Å². The van der Waals surface area contributed by atoms with Crippen molar-refractivity contribution in [2.45, 2.75) is 25.8 Å². The molecule has 0 saturated carbocycles. The molecule has 0 heterocycles. The lowest BCUT2D eigenvalue weighted by Crippen LogP contribution is -2.36. The van der Waals surface area contributed by atoms with Crippen molar-refractivity contribution in [1.29, 1.82) is 5.26 Å². The molecule has 130 valence electrons. The SMILES string of the molecule is C=C/C=C(\C=C)[C@H](CCC)NC(=O)/C(C#N)=C/c1cc(O)cc(O)c1. The molecule has 0 aliphatic carbocycles. The van der Waals surface area contributed by atoms with Crippen LogP contribution in [-0.4, -0.2) is 22.2 Å². The summed E-state index contributed by atoms with van der Waals surface area (Å²) in [4.78, 5) is 12.4. The molecule has 0 radical (unpaired) electrons. The topological polar surface area (TPSA) is 93.4 Å². The van der Waals surface area contributed by atoms with Gasteiger partial charge in [-0.2, -0.15) is 5.26 Å². The Morgan fingerprint density at radius 3 is 2.44 bits per heavy atom. The van der Waals surface area contributed by atoms with Crippen LogP contribution >= 0.6 is 0 Å². The number of nitrogens with zero attached hydrogens (tertiary/aromatic N) is 1. The summed E-state index contributed by atoms with van der Waals surface area (Å²) < 4.78 is 0. The minimum Gasteiger partial charge on any atom is -0.508 e. The second kappa shape index (κ2) is 9.78. The van der Waals surface area contributed by atoms with E-state index in [1.807, 2.05) is 13.0 Å². The Labute approximate surface area is 147 Å². The summed E-state index contributed by atoms with van der Waals surface area (Å²) in [5.41, 5.74) is 1.02. The van der Waals surface area contributed by atoms with Gasteiger partial charge in [0.2, 0.25) is 0 Å². The number of phenolic OH excluding ortho intramolecular Hbond substituents is 2. The van der Waals surface area contributed by atoms with Gasteiger partial charge in [-0.1, -0.05) is 44.7 Å². The summed E-state index contributed by atoms with van der Waals surface area (Å²) in [5, 5.41) is 31.1. The lowest BCUT2D eigenvalue weighted by molar-refractivity contribution is -0.117. The second-order valence-electron chi connectivity index (χ2n) is 5.37. The number of hydrogen-bond donors (Lipinski definition) is 3. The van der Waals surface area contributed by atoms with Gasteiger partial charge in [-0.15, -0.1) is 0 Å². The quantitative estimate of drug-likeness (QED) is 0.384. The van der Waals surface area contributed by atoms with Crippen LogP contribution in [0.25, 0.3) is 6.08 Å². The summed E-state index contributed by atoms with van der Waals surface area (Å²) >= 11 is 0. The maximum absolute atomic E-state index is 12.4. The Morgan fingerprint density at radius 1 is 1.32 bits per heavy atom. The molecule has 0 aromatic heterocycles. The zero-order valence-electron chi connectivity index (χ0n) is 14.2. The maximum Gasteiger partial charge on any atom is 0.262 e. The van der Waals surface area contributed by atoms with E-state index in [9.17, 15) is 20.3 Å². The first-order valence-corrected chi connectivity index (χ1v) is 7.85. The fourth-order valence-electron chi connectivity index (χ4n) is 2.33. The van der Waals surface area contributed by atoms with E-state index in [0.29, 0.717) is 12.0 Å². The van der Waals surface area contributed by atoms with Crippen LogP contribution in [0.3, 0.4) is 0 Å². The molecule has 25 heavy (non-hydrogen) atoms. The van der Waals surface area contributed by atoms with Gasteiger partial charge in [-0.3, -0.25) is 4.79 Å². The highest BCUT2D eigenvalue weighted by Crippen LogP contribution is 2.22. The van der Waals surface area contributed by atoms with Crippen LogP contribution in [0.4, 0.5) is 0 Å². The second-order valence-corrected chi connectivity index (χ2v) is 5.37. The minimum atomic E-state index is -0.541. The van der Waals surface area contributed by atoms with Crippen LogP contribution in [0.1, 0.15) is 25.3 Å². The van der Waals surface area contributed by atoms with Crippen molar-refractivity contribution >= 4 is 12.0 Å². The van der Waals surface area contributed by atoms with E-state index < -0.39 is 5.91 Å². The number of phenols is 2. The van der Waals surface area contributed by atoms with Gasteiger partial charge in [0.1, 0.15) is 23.1 Å². The van der Waals surface area contributed by atoms with Gasteiger partial charge in [-0.25, -0.2) is 0 Å². The van der Waals surface area contributed by atoms with Crippen molar-refractivity contribution in [3.63, 3.8) is 0 Å². The molecule has 0 unspecified atom stereocenters. The molecule has 5 heteroatoms. The standard InChI is InChI=1S/C20H22N2O3/c1-4-7-15(6-3)19(8-5-2)22-20(25)16(13-21)9-14-10-17(23)12-18(24)11-14/h4,6-7,9-12,19,23-24H,1,3,5,8H2,2H3,(H,22,25)/b15-7+,16-9+/t19-/m0/s1. The van der Waals surface area contributed by atoms with E-state index in [4.69, 9.17) is 0 Å². The third kappa shape index (κ3) is 6.04. The van der Waals surface area contributed by atoms with E-state index in [1.165, 1.54) is 18.2 Å². The number of benzene rings is 1. The molecule has 0 aliphatic heterocycles. The predicted molar refractivity (Wildman–Crippen MR) is 98.7 cm³/mol. The number of allylic oxidation sites excluding steroid dienone is 2. The number of carbonyl (C=O) groups is 1. The van der Waals surface area contributed by atoms with Crippen molar-refractivity contribution < 1.29 is 15.0 Å². The number of aromatic hydroxyl groups is 2. The molecule has 0 aliphatic rings. The third-order valence-electron chi connectivity index (χ3n) is 3.43. The number of rotatable bonds is 8. The highest BCUT2D eigenvalue weighted by atomic mass is 16.3. The number of carbonyl (C=O) groups excluding carboxylic acids is 1. The lowest BCUT2D eigenvalue weighted by Gasteiger charge is -2.19. The number of nitrogens with one attached hydrogen (secondary N) is 1. The zero-order valence-corrected chi connectivity index (χ0v) is 14.2. The normalized spacial score (nSPS) is 12.8.